The molecule has 2 aliphatic rings. The minimum Gasteiger partial charge on any atom is -0.311 e. The zero-order valence-corrected chi connectivity index (χ0v) is 11.5. The van der Waals surface area contributed by atoms with Gasteiger partial charge in [-0.15, -0.1) is 0 Å². The average Bonchev–Trinajstić information content (AvgIpc) is 2.69. The summed E-state index contributed by atoms with van der Waals surface area (Å²) < 4.78 is 0. The van der Waals surface area contributed by atoms with Gasteiger partial charge in [0.2, 0.25) is 0 Å². The molecular formula is C14H27NS. The van der Waals surface area contributed by atoms with Gasteiger partial charge in [-0.1, -0.05) is 32.1 Å². The third-order valence-corrected chi connectivity index (χ3v) is 5.39. The lowest BCUT2D eigenvalue weighted by Crippen LogP contribution is -2.37. The monoisotopic (exact) mass is 241 g/mol. The minimum absolute atomic E-state index is 0.835. The predicted octanol–water partition coefficient (Wildman–Crippen LogP) is 3.97. The van der Waals surface area contributed by atoms with E-state index in [-0.39, 0.29) is 0 Å². The first-order valence-electron chi connectivity index (χ1n) is 7.17. The second-order valence-corrected chi connectivity index (χ2v) is 6.71. The van der Waals surface area contributed by atoms with Gasteiger partial charge in [-0.25, -0.2) is 0 Å². The van der Waals surface area contributed by atoms with E-state index in [2.05, 4.69) is 23.3 Å². The van der Waals surface area contributed by atoms with Crippen molar-refractivity contribution in [3.63, 3.8) is 0 Å². The zero-order chi connectivity index (χ0) is 11.2. The molecule has 0 radical (unpaired) electrons. The van der Waals surface area contributed by atoms with Crippen LogP contribution in [0.2, 0.25) is 0 Å². The average molecular weight is 241 g/mol. The van der Waals surface area contributed by atoms with Crippen molar-refractivity contribution in [2.45, 2.75) is 81.5 Å². The van der Waals surface area contributed by atoms with E-state index in [9.17, 15) is 0 Å². The smallest absolute Gasteiger partial charge is 0.00805 e. The van der Waals surface area contributed by atoms with Crippen molar-refractivity contribution < 1.29 is 0 Å². The van der Waals surface area contributed by atoms with Crippen LogP contribution in [0.25, 0.3) is 0 Å². The molecule has 0 aromatic rings. The molecule has 2 fully saturated rings. The Kier molecular flexibility index (Phi) is 5.51. The van der Waals surface area contributed by atoms with Gasteiger partial charge in [-0.05, 0) is 38.4 Å². The van der Waals surface area contributed by atoms with Gasteiger partial charge in [0.25, 0.3) is 0 Å². The van der Waals surface area contributed by atoms with E-state index in [1.165, 1.54) is 64.2 Å². The van der Waals surface area contributed by atoms with Crippen LogP contribution in [0.3, 0.4) is 0 Å². The quantitative estimate of drug-likeness (QED) is 0.802. The van der Waals surface area contributed by atoms with Crippen LogP contribution in [-0.4, -0.2) is 23.6 Å². The number of rotatable bonds is 3. The van der Waals surface area contributed by atoms with Crippen molar-refractivity contribution in [2.75, 3.05) is 6.26 Å². The molecule has 0 spiro atoms. The fourth-order valence-corrected chi connectivity index (χ4v) is 4.06. The van der Waals surface area contributed by atoms with E-state index in [1.807, 2.05) is 0 Å². The van der Waals surface area contributed by atoms with E-state index in [0.29, 0.717) is 0 Å². The summed E-state index contributed by atoms with van der Waals surface area (Å²) in [7, 11) is 0. The molecular weight excluding hydrogens is 214 g/mol. The summed E-state index contributed by atoms with van der Waals surface area (Å²) in [6.07, 6.45) is 16.7. The van der Waals surface area contributed by atoms with Crippen LogP contribution in [-0.2, 0) is 0 Å². The normalized spacial score (nSPS) is 33.6. The van der Waals surface area contributed by atoms with Gasteiger partial charge in [-0.2, -0.15) is 11.8 Å². The molecule has 0 heterocycles. The van der Waals surface area contributed by atoms with Gasteiger partial charge in [0.15, 0.2) is 0 Å². The van der Waals surface area contributed by atoms with Gasteiger partial charge in [0.05, 0.1) is 0 Å². The molecule has 16 heavy (non-hydrogen) atoms. The van der Waals surface area contributed by atoms with Crippen molar-refractivity contribution in [3.8, 4) is 0 Å². The highest BCUT2D eigenvalue weighted by Gasteiger charge is 2.25. The fourth-order valence-electron chi connectivity index (χ4n) is 3.26. The Morgan fingerprint density at radius 1 is 0.812 bits per heavy atom. The lowest BCUT2D eigenvalue weighted by molar-refractivity contribution is 0.352. The molecule has 0 saturated heterocycles. The maximum Gasteiger partial charge on any atom is 0.00805 e. The summed E-state index contributed by atoms with van der Waals surface area (Å²) in [4.78, 5) is 0. The second-order valence-electron chi connectivity index (χ2n) is 5.58. The van der Waals surface area contributed by atoms with E-state index < -0.39 is 0 Å². The van der Waals surface area contributed by atoms with Crippen LogP contribution in [0.15, 0.2) is 0 Å². The van der Waals surface area contributed by atoms with Crippen LogP contribution >= 0.6 is 11.8 Å². The number of thioether (sulfide) groups is 1. The molecule has 94 valence electrons. The van der Waals surface area contributed by atoms with Crippen molar-refractivity contribution in [2.24, 2.45) is 0 Å². The topological polar surface area (TPSA) is 12.0 Å². The summed E-state index contributed by atoms with van der Waals surface area (Å²) in [6.45, 7) is 0. The Bertz CT molecular complexity index is 187. The Hall–Kier alpha value is 0.310. The van der Waals surface area contributed by atoms with E-state index >= 15 is 0 Å². The summed E-state index contributed by atoms with van der Waals surface area (Å²) in [5.74, 6) is 0. The Morgan fingerprint density at radius 2 is 1.50 bits per heavy atom. The third kappa shape index (κ3) is 3.96. The van der Waals surface area contributed by atoms with Gasteiger partial charge in [0.1, 0.15) is 0 Å². The molecule has 0 bridgehead atoms. The highest BCUT2D eigenvalue weighted by Crippen LogP contribution is 2.29. The standard InChI is InChI=1S/C14H27NS/c1-16-14-10-9-13(11-14)15-12-7-5-3-2-4-6-8-12/h12-15H,2-11H2,1H3. The van der Waals surface area contributed by atoms with E-state index in [1.54, 1.807) is 0 Å². The summed E-state index contributed by atoms with van der Waals surface area (Å²) in [5, 5.41) is 4.87. The molecule has 1 N–H and O–H groups in total. The van der Waals surface area contributed by atoms with Crippen LogP contribution in [0.1, 0.15) is 64.2 Å². The molecule has 0 aromatic heterocycles. The fraction of sp³-hybridized carbons (Fsp3) is 1.00. The van der Waals surface area contributed by atoms with E-state index in [0.717, 1.165) is 17.3 Å². The molecule has 2 unspecified atom stereocenters. The highest BCUT2D eigenvalue weighted by molar-refractivity contribution is 7.99. The van der Waals surface area contributed by atoms with Gasteiger partial charge in [-0.3, -0.25) is 0 Å². The van der Waals surface area contributed by atoms with Crippen LogP contribution in [0.4, 0.5) is 0 Å². The lowest BCUT2D eigenvalue weighted by atomic mass is 9.96. The Labute approximate surface area is 105 Å². The maximum absolute atomic E-state index is 3.94. The number of hydrogen-bond acceptors (Lipinski definition) is 2. The van der Waals surface area contributed by atoms with Crippen molar-refractivity contribution in [1.29, 1.82) is 0 Å². The Morgan fingerprint density at radius 3 is 2.12 bits per heavy atom. The second kappa shape index (κ2) is 6.90. The summed E-state index contributed by atoms with van der Waals surface area (Å²) >= 11 is 2.07. The first kappa shape index (κ1) is 12.8. The van der Waals surface area contributed by atoms with Gasteiger partial charge >= 0.3 is 0 Å². The maximum atomic E-state index is 3.94. The number of nitrogens with one attached hydrogen (secondary N) is 1. The number of hydrogen-bond donors (Lipinski definition) is 1. The highest BCUT2D eigenvalue weighted by atomic mass is 32.2. The third-order valence-electron chi connectivity index (χ3n) is 4.29. The predicted molar refractivity (Wildman–Crippen MR) is 74.2 cm³/mol. The molecule has 1 nitrogen and oxygen atoms in total. The molecule has 0 amide bonds. The summed E-state index contributed by atoms with van der Waals surface area (Å²) in [6, 6.07) is 1.67. The lowest BCUT2D eigenvalue weighted by Gasteiger charge is -2.25. The first-order chi connectivity index (χ1) is 7.88. The minimum atomic E-state index is 0.835. The Balaban J connectivity index is 1.71. The van der Waals surface area contributed by atoms with Gasteiger partial charge < -0.3 is 5.32 Å². The van der Waals surface area contributed by atoms with Crippen LogP contribution in [0, 0.1) is 0 Å². The molecule has 2 heteroatoms. The van der Waals surface area contributed by atoms with Crippen LogP contribution < -0.4 is 5.32 Å². The SMILES string of the molecule is CSC1CCC(NC2CCCCCCC2)C1. The van der Waals surface area contributed by atoms with Gasteiger partial charge in [0, 0.05) is 17.3 Å². The molecule has 0 aliphatic heterocycles. The molecule has 2 saturated carbocycles. The molecule has 2 atom stereocenters. The summed E-state index contributed by atoms with van der Waals surface area (Å²) in [5.41, 5.74) is 0. The molecule has 0 aromatic carbocycles. The van der Waals surface area contributed by atoms with E-state index in [4.69, 9.17) is 0 Å². The first-order valence-corrected chi connectivity index (χ1v) is 8.46. The van der Waals surface area contributed by atoms with Crippen molar-refractivity contribution >= 4 is 11.8 Å². The molecule has 2 aliphatic carbocycles. The molecule has 2 rings (SSSR count). The van der Waals surface area contributed by atoms with Crippen molar-refractivity contribution in [1.82, 2.24) is 5.32 Å². The van der Waals surface area contributed by atoms with Crippen LogP contribution in [0.5, 0.6) is 0 Å². The largest absolute Gasteiger partial charge is 0.311 e. The van der Waals surface area contributed by atoms with Crippen molar-refractivity contribution in [3.05, 3.63) is 0 Å². The zero-order valence-electron chi connectivity index (χ0n) is 10.7.